The van der Waals surface area contributed by atoms with Crippen LogP contribution in [0.15, 0.2) is 42.5 Å². The lowest BCUT2D eigenvalue weighted by Gasteiger charge is -2.09. The highest BCUT2D eigenvalue weighted by atomic mass is 16.5. The van der Waals surface area contributed by atoms with E-state index < -0.39 is 0 Å². The van der Waals surface area contributed by atoms with Crippen LogP contribution in [0.2, 0.25) is 0 Å². The van der Waals surface area contributed by atoms with Gasteiger partial charge in [-0.2, -0.15) is 4.52 Å². The Morgan fingerprint density at radius 2 is 1.75 bits per heavy atom. The third kappa shape index (κ3) is 2.21. The van der Waals surface area contributed by atoms with E-state index in [2.05, 4.69) is 47.3 Å². The second-order valence-electron chi connectivity index (χ2n) is 5.84. The van der Waals surface area contributed by atoms with Crippen LogP contribution in [0.25, 0.3) is 27.8 Å². The van der Waals surface area contributed by atoms with Crippen molar-refractivity contribution in [3.05, 3.63) is 53.6 Å². The summed E-state index contributed by atoms with van der Waals surface area (Å²) in [6, 6.07) is 14.2. The number of aryl methyl sites for hydroxylation is 2. The Labute approximate surface area is 139 Å². The standard InChI is InChI=1S/C19H18N4O/c1-4-24-19-16-8-6-5-7-15(16)18-21-20-17(23(18)22-19)14-10-9-12(2)13(3)11-14/h5-11H,4H2,1-3H3. The summed E-state index contributed by atoms with van der Waals surface area (Å²) in [5.41, 5.74) is 4.20. The van der Waals surface area contributed by atoms with Gasteiger partial charge in [0, 0.05) is 16.3 Å². The Hall–Kier alpha value is -2.95. The van der Waals surface area contributed by atoms with Crippen LogP contribution in [0.3, 0.4) is 0 Å². The second kappa shape index (κ2) is 5.60. The van der Waals surface area contributed by atoms with Crippen molar-refractivity contribution in [3.8, 4) is 17.3 Å². The molecule has 0 fully saturated rings. The molecule has 5 nitrogen and oxygen atoms in total. The molecule has 0 N–H and O–H groups in total. The van der Waals surface area contributed by atoms with Crippen LogP contribution in [0.4, 0.5) is 0 Å². The van der Waals surface area contributed by atoms with Gasteiger partial charge in [-0.25, -0.2) is 0 Å². The largest absolute Gasteiger partial charge is 0.476 e. The molecule has 4 aromatic rings. The topological polar surface area (TPSA) is 52.3 Å². The molecule has 0 aliphatic carbocycles. The number of benzene rings is 2. The first-order valence-corrected chi connectivity index (χ1v) is 8.03. The average molecular weight is 318 g/mol. The predicted octanol–water partition coefficient (Wildman–Crippen LogP) is 3.96. The molecule has 5 heteroatoms. The first kappa shape index (κ1) is 14.6. The van der Waals surface area contributed by atoms with E-state index in [4.69, 9.17) is 4.74 Å². The molecule has 0 saturated heterocycles. The van der Waals surface area contributed by atoms with Gasteiger partial charge >= 0.3 is 0 Å². The first-order valence-electron chi connectivity index (χ1n) is 8.03. The van der Waals surface area contributed by atoms with Gasteiger partial charge in [0.05, 0.1) is 6.61 Å². The van der Waals surface area contributed by atoms with Crippen molar-refractivity contribution < 1.29 is 4.74 Å². The Kier molecular flexibility index (Phi) is 3.41. The molecule has 0 atom stereocenters. The van der Waals surface area contributed by atoms with Gasteiger partial charge in [0.25, 0.3) is 0 Å². The molecule has 24 heavy (non-hydrogen) atoms. The van der Waals surface area contributed by atoms with Crippen molar-refractivity contribution in [2.75, 3.05) is 6.61 Å². The fourth-order valence-corrected chi connectivity index (χ4v) is 2.86. The average Bonchev–Trinajstić information content (AvgIpc) is 3.02. The summed E-state index contributed by atoms with van der Waals surface area (Å²) in [5, 5.41) is 15.3. The SMILES string of the molecule is CCOc1nn2c(-c3ccc(C)c(C)c3)nnc2c2ccccc12. The van der Waals surface area contributed by atoms with Crippen LogP contribution >= 0.6 is 0 Å². The maximum atomic E-state index is 5.74. The fourth-order valence-electron chi connectivity index (χ4n) is 2.86. The first-order chi connectivity index (χ1) is 11.7. The Morgan fingerprint density at radius 1 is 0.958 bits per heavy atom. The molecule has 0 radical (unpaired) electrons. The molecular weight excluding hydrogens is 300 g/mol. The van der Waals surface area contributed by atoms with Crippen LogP contribution < -0.4 is 4.74 Å². The number of hydrogen-bond acceptors (Lipinski definition) is 4. The number of aromatic nitrogens is 4. The van der Waals surface area contributed by atoms with Gasteiger partial charge in [-0.05, 0) is 44.0 Å². The Bertz CT molecular complexity index is 1050. The van der Waals surface area contributed by atoms with E-state index in [-0.39, 0.29) is 0 Å². The fraction of sp³-hybridized carbons (Fsp3) is 0.211. The molecular formula is C19H18N4O. The quantitative estimate of drug-likeness (QED) is 0.574. The van der Waals surface area contributed by atoms with Crippen LogP contribution in [0.1, 0.15) is 18.1 Å². The lowest BCUT2D eigenvalue weighted by atomic mass is 10.1. The van der Waals surface area contributed by atoms with E-state index in [1.807, 2.05) is 31.2 Å². The van der Waals surface area contributed by atoms with Crippen molar-refractivity contribution in [1.82, 2.24) is 19.8 Å². The van der Waals surface area contributed by atoms with Crippen molar-refractivity contribution in [1.29, 1.82) is 0 Å². The summed E-state index contributed by atoms with van der Waals surface area (Å²) >= 11 is 0. The Balaban J connectivity index is 2.03. The van der Waals surface area contributed by atoms with Crippen molar-refractivity contribution in [2.24, 2.45) is 0 Å². The summed E-state index contributed by atoms with van der Waals surface area (Å²) < 4.78 is 7.52. The minimum Gasteiger partial charge on any atom is -0.476 e. The minimum absolute atomic E-state index is 0.559. The van der Waals surface area contributed by atoms with Gasteiger partial charge in [-0.3, -0.25) is 0 Å². The van der Waals surface area contributed by atoms with Gasteiger partial charge in [-0.15, -0.1) is 15.3 Å². The van der Waals surface area contributed by atoms with E-state index in [0.29, 0.717) is 12.5 Å². The summed E-state index contributed by atoms with van der Waals surface area (Å²) in [4.78, 5) is 0. The third-order valence-corrected chi connectivity index (χ3v) is 4.28. The van der Waals surface area contributed by atoms with E-state index in [9.17, 15) is 0 Å². The molecule has 2 aromatic carbocycles. The predicted molar refractivity (Wildman–Crippen MR) is 94.4 cm³/mol. The molecule has 0 aliphatic heterocycles. The number of ether oxygens (including phenoxy) is 1. The van der Waals surface area contributed by atoms with Gasteiger partial charge in [-0.1, -0.05) is 30.3 Å². The molecule has 0 spiro atoms. The second-order valence-corrected chi connectivity index (χ2v) is 5.84. The summed E-state index contributed by atoms with van der Waals surface area (Å²) in [7, 11) is 0. The van der Waals surface area contributed by atoms with Crippen LogP contribution in [-0.2, 0) is 0 Å². The highest BCUT2D eigenvalue weighted by Crippen LogP contribution is 2.29. The molecule has 4 rings (SSSR count). The van der Waals surface area contributed by atoms with E-state index in [0.717, 1.165) is 27.8 Å². The molecule has 0 saturated carbocycles. The van der Waals surface area contributed by atoms with Gasteiger partial charge < -0.3 is 4.74 Å². The molecule has 120 valence electrons. The zero-order valence-electron chi connectivity index (χ0n) is 13.9. The van der Waals surface area contributed by atoms with Gasteiger partial charge in [0.2, 0.25) is 5.88 Å². The number of rotatable bonds is 3. The van der Waals surface area contributed by atoms with Gasteiger partial charge in [0.1, 0.15) is 0 Å². The third-order valence-electron chi connectivity index (χ3n) is 4.28. The maximum Gasteiger partial charge on any atom is 0.239 e. The molecule has 0 amide bonds. The van der Waals surface area contributed by atoms with Crippen LogP contribution in [-0.4, -0.2) is 26.4 Å². The molecule has 2 heterocycles. The van der Waals surface area contributed by atoms with Crippen molar-refractivity contribution in [3.63, 3.8) is 0 Å². The zero-order valence-corrected chi connectivity index (χ0v) is 13.9. The maximum absolute atomic E-state index is 5.74. The Morgan fingerprint density at radius 3 is 2.50 bits per heavy atom. The number of nitrogens with zero attached hydrogens (tertiary/aromatic N) is 4. The van der Waals surface area contributed by atoms with E-state index in [1.165, 1.54) is 11.1 Å². The smallest absolute Gasteiger partial charge is 0.239 e. The van der Waals surface area contributed by atoms with Crippen molar-refractivity contribution >= 4 is 16.4 Å². The van der Waals surface area contributed by atoms with E-state index >= 15 is 0 Å². The molecule has 0 bridgehead atoms. The monoisotopic (exact) mass is 318 g/mol. The highest BCUT2D eigenvalue weighted by Gasteiger charge is 2.16. The molecule has 0 unspecified atom stereocenters. The summed E-state index contributed by atoms with van der Waals surface area (Å²) in [6.07, 6.45) is 0. The summed E-state index contributed by atoms with van der Waals surface area (Å²) in [5.74, 6) is 1.32. The zero-order chi connectivity index (χ0) is 16.7. The van der Waals surface area contributed by atoms with Crippen molar-refractivity contribution in [2.45, 2.75) is 20.8 Å². The highest BCUT2D eigenvalue weighted by molar-refractivity contribution is 5.97. The van der Waals surface area contributed by atoms with E-state index in [1.54, 1.807) is 4.52 Å². The lowest BCUT2D eigenvalue weighted by molar-refractivity contribution is 0.326. The molecule has 0 aliphatic rings. The van der Waals surface area contributed by atoms with Gasteiger partial charge in [0.15, 0.2) is 11.5 Å². The minimum atomic E-state index is 0.559. The molecule has 2 aromatic heterocycles. The van der Waals surface area contributed by atoms with Crippen LogP contribution in [0.5, 0.6) is 5.88 Å². The number of hydrogen-bond donors (Lipinski definition) is 0. The lowest BCUT2D eigenvalue weighted by Crippen LogP contribution is -2.02. The summed E-state index contributed by atoms with van der Waals surface area (Å²) in [6.45, 7) is 6.71. The van der Waals surface area contributed by atoms with Crippen LogP contribution in [0, 0.1) is 13.8 Å². The number of fused-ring (bicyclic) bond motifs is 3. The normalized spacial score (nSPS) is 11.3.